The molecule has 0 radical (unpaired) electrons. The number of rotatable bonds is 5. The summed E-state index contributed by atoms with van der Waals surface area (Å²) >= 11 is 0. The lowest BCUT2D eigenvalue weighted by molar-refractivity contribution is -0.384. The molecule has 28 heavy (non-hydrogen) atoms. The van der Waals surface area contributed by atoms with Gasteiger partial charge in [-0.05, 0) is 42.8 Å². The minimum Gasteiger partial charge on any atom is -0.324 e. The largest absolute Gasteiger partial charge is 0.324 e. The third-order valence-electron chi connectivity index (χ3n) is 3.99. The third-order valence-corrected chi connectivity index (χ3v) is 3.99. The molecule has 0 aliphatic heterocycles. The molecule has 8 nitrogen and oxygen atoms in total. The van der Waals surface area contributed by atoms with Crippen LogP contribution in [0.4, 0.5) is 15.8 Å². The van der Waals surface area contributed by atoms with Gasteiger partial charge in [-0.2, -0.15) is 5.10 Å². The monoisotopic (exact) mass is 382 g/mol. The molecular weight excluding hydrogens is 367 g/mol. The molecule has 0 aliphatic rings. The van der Waals surface area contributed by atoms with Crippen molar-refractivity contribution in [1.82, 2.24) is 9.78 Å². The highest BCUT2D eigenvalue weighted by atomic mass is 19.1. The summed E-state index contributed by atoms with van der Waals surface area (Å²) < 4.78 is 14.5. The van der Waals surface area contributed by atoms with E-state index in [9.17, 15) is 24.1 Å². The molecule has 0 saturated carbocycles. The molecule has 0 aliphatic carbocycles. The molecule has 3 aromatic rings. The highest BCUT2D eigenvalue weighted by Gasteiger charge is 2.11. The van der Waals surface area contributed by atoms with Crippen LogP contribution in [0, 0.1) is 22.9 Å². The zero-order valence-corrected chi connectivity index (χ0v) is 14.8. The summed E-state index contributed by atoms with van der Waals surface area (Å²) in [6.07, 6.45) is 0. The van der Waals surface area contributed by atoms with Crippen LogP contribution in [0.15, 0.2) is 59.4 Å². The van der Waals surface area contributed by atoms with Crippen molar-refractivity contribution in [3.05, 3.63) is 86.4 Å². The van der Waals surface area contributed by atoms with E-state index in [1.165, 1.54) is 48.5 Å². The van der Waals surface area contributed by atoms with Gasteiger partial charge in [-0.25, -0.2) is 9.07 Å². The van der Waals surface area contributed by atoms with E-state index in [1.54, 1.807) is 13.0 Å². The van der Waals surface area contributed by atoms with Crippen LogP contribution in [0.3, 0.4) is 0 Å². The number of nitrogens with one attached hydrogen (secondary N) is 1. The van der Waals surface area contributed by atoms with Crippen molar-refractivity contribution in [2.45, 2.75) is 13.5 Å². The maximum atomic E-state index is 13.6. The van der Waals surface area contributed by atoms with Crippen LogP contribution in [-0.4, -0.2) is 20.6 Å². The fourth-order valence-corrected chi connectivity index (χ4v) is 2.48. The molecule has 2 aromatic carbocycles. The summed E-state index contributed by atoms with van der Waals surface area (Å²) in [6.45, 7) is 1.24. The Balaban J connectivity index is 1.79. The minimum atomic E-state index is -0.543. The molecular formula is C19H15FN4O4. The smallest absolute Gasteiger partial charge is 0.269 e. The van der Waals surface area contributed by atoms with Gasteiger partial charge in [-0.15, -0.1) is 0 Å². The normalized spacial score (nSPS) is 10.5. The van der Waals surface area contributed by atoms with Gasteiger partial charge >= 0.3 is 0 Å². The van der Waals surface area contributed by atoms with Gasteiger partial charge in [-0.1, -0.05) is 6.07 Å². The van der Waals surface area contributed by atoms with E-state index in [-0.39, 0.29) is 17.9 Å². The molecule has 1 amide bonds. The Hall–Kier alpha value is -3.88. The van der Waals surface area contributed by atoms with E-state index in [0.717, 1.165) is 4.68 Å². The van der Waals surface area contributed by atoms with E-state index in [2.05, 4.69) is 10.4 Å². The van der Waals surface area contributed by atoms with Gasteiger partial charge in [-0.3, -0.25) is 19.7 Å². The second-order valence-electron chi connectivity index (χ2n) is 6.03. The van der Waals surface area contributed by atoms with Gasteiger partial charge < -0.3 is 5.32 Å². The molecule has 1 heterocycles. The van der Waals surface area contributed by atoms with Crippen LogP contribution in [0.25, 0.3) is 11.3 Å². The standard InChI is InChI=1S/C19H15FN4O4/c1-12-2-5-14(10-16(12)20)21-18(25)11-23-19(26)9-8-17(22-23)13-3-6-15(7-4-13)24(27)28/h2-10H,11H2,1H3,(H,21,25). The molecule has 0 bridgehead atoms. The van der Waals surface area contributed by atoms with Crippen molar-refractivity contribution in [3.8, 4) is 11.3 Å². The average molecular weight is 382 g/mol. The summed E-state index contributed by atoms with van der Waals surface area (Å²) in [5, 5.41) is 17.4. The molecule has 0 saturated heterocycles. The molecule has 0 fully saturated rings. The second-order valence-corrected chi connectivity index (χ2v) is 6.03. The third kappa shape index (κ3) is 4.26. The first-order chi connectivity index (χ1) is 13.3. The van der Waals surface area contributed by atoms with Crippen LogP contribution >= 0.6 is 0 Å². The summed E-state index contributed by atoms with van der Waals surface area (Å²) in [6, 6.07) is 12.7. The number of hydrogen-bond acceptors (Lipinski definition) is 5. The Morgan fingerprint density at radius 3 is 2.54 bits per heavy atom. The molecule has 0 spiro atoms. The van der Waals surface area contributed by atoms with E-state index in [0.29, 0.717) is 16.8 Å². The number of carbonyl (C=O) groups excluding carboxylic acids is 1. The average Bonchev–Trinajstić information content (AvgIpc) is 2.66. The summed E-state index contributed by atoms with van der Waals surface area (Å²) in [5.41, 5.74) is 1.10. The first-order valence-electron chi connectivity index (χ1n) is 8.22. The predicted molar refractivity (Wildman–Crippen MR) is 100 cm³/mol. The minimum absolute atomic E-state index is 0.0678. The van der Waals surface area contributed by atoms with Gasteiger partial charge in [0.25, 0.3) is 11.2 Å². The van der Waals surface area contributed by atoms with E-state index in [4.69, 9.17) is 0 Å². The van der Waals surface area contributed by atoms with Crippen LogP contribution in [0.2, 0.25) is 0 Å². The number of nitrogens with zero attached hydrogens (tertiary/aromatic N) is 3. The second kappa shape index (κ2) is 7.78. The molecule has 1 aromatic heterocycles. The lowest BCUT2D eigenvalue weighted by atomic mass is 10.1. The van der Waals surface area contributed by atoms with E-state index in [1.807, 2.05) is 0 Å². The zero-order chi connectivity index (χ0) is 20.3. The molecule has 3 rings (SSSR count). The molecule has 0 atom stereocenters. The topological polar surface area (TPSA) is 107 Å². The Labute approximate surface area is 158 Å². The van der Waals surface area contributed by atoms with Gasteiger partial charge in [0.1, 0.15) is 12.4 Å². The number of benzene rings is 2. The Kier molecular flexibility index (Phi) is 5.25. The van der Waals surface area contributed by atoms with Crippen molar-refractivity contribution < 1.29 is 14.1 Å². The quantitative estimate of drug-likeness (QED) is 0.539. The number of anilines is 1. The first-order valence-corrected chi connectivity index (χ1v) is 8.22. The van der Waals surface area contributed by atoms with Crippen molar-refractivity contribution >= 4 is 17.3 Å². The fraction of sp³-hybridized carbons (Fsp3) is 0.105. The lowest BCUT2D eigenvalue weighted by Crippen LogP contribution is -2.29. The number of amides is 1. The van der Waals surface area contributed by atoms with Crippen LogP contribution < -0.4 is 10.9 Å². The maximum Gasteiger partial charge on any atom is 0.269 e. The number of carbonyl (C=O) groups is 1. The summed E-state index contributed by atoms with van der Waals surface area (Å²) in [5.74, 6) is -0.994. The summed E-state index contributed by atoms with van der Waals surface area (Å²) in [7, 11) is 0. The number of nitro benzene ring substituents is 1. The number of aryl methyl sites for hydroxylation is 1. The molecule has 142 valence electrons. The SMILES string of the molecule is Cc1ccc(NC(=O)Cn2nc(-c3ccc([N+](=O)[O-])cc3)ccc2=O)cc1F. The van der Waals surface area contributed by atoms with Crippen LogP contribution in [-0.2, 0) is 11.3 Å². The number of halogens is 1. The Morgan fingerprint density at radius 2 is 1.89 bits per heavy atom. The Bertz CT molecular complexity index is 1110. The first kappa shape index (κ1) is 18.9. The predicted octanol–water partition coefficient (Wildman–Crippen LogP) is 2.90. The number of hydrogen-bond donors (Lipinski definition) is 1. The Morgan fingerprint density at radius 1 is 1.18 bits per heavy atom. The number of aromatic nitrogens is 2. The van der Waals surface area contributed by atoms with Gasteiger partial charge in [0, 0.05) is 29.4 Å². The highest BCUT2D eigenvalue weighted by molar-refractivity contribution is 5.90. The maximum absolute atomic E-state index is 13.6. The van der Waals surface area contributed by atoms with E-state index >= 15 is 0 Å². The van der Waals surface area contributed by atoms with Gasteiger partial charge in [0.05, 0.1) is 10.6 Å². The van der Waals surface area contributed by atoms with Crippen LogP contribution in [0.1, 0.15) is 5.56 Å². The van der Waals surface area contributed by atoms with Crippen molar-refractivity contribution in [1.29, 1.82) is 0 Å². The fourth-order valence-electron chi connectivity index (χ4n) is 2.48. The van der Waals surface area contributed by atoms with Gasteiger partial charge in [0.2, 0.25) is 5.91 Å². The zero-order valence-electron chi connectivity index (χ0n) is 14.8. The van der Waals surface area contributed by atoms with Crippen molar-refractivity contribution in [2.24, 2.45) is 0 Å². The highest BCUT2D eigenvalue weighted by Crippen LogP contribution is 2.19. The number of nitro groups is 1. The molecule has 9 heteroatoms. The van der Waals surface area contributed by atoms with E-state index < -0.39 is 22.2 Å². The van der Waals surface area contributed by atoms with Gasteiger partial charge in [0.15, 0.2) is 0 Å². The summed E-state index contributed by atoms with van der Waals surface area (Å²) in [4.78, 5) is 34.4. The molecule has 1 N–H and O–H groups in total. The number of non-ortho nitro benzene ring substituents is 1. The van der Waals surface area contributed by atoms with Crippen LogP contribution in [0.5, 0.6) is 0 Å². The van der Waals surface area contributed by atoms with Crippen molar-refractivity contribution in [3.63, 3.8) is 0 Å². The van der Waals surface area contributed by atoms with Crippen molar-refractivity contribution in [2.75, 3.05) is 5.32 Å². The lowest BCUT2D eigenvalue weighted by Gasteiger charge is -2.09. The molecule has 0 unspecified atom stereocenters.